The first-order chi connectivity index (χ1) is 14.3. The van der Waals surface area contributed by atoms with E-state index in [0.717, 1.165) is 5.56 Å². The second kappa shape index (κ2) is 8.87. The Hall–Kier alpha value is -3.52. The van der Waals surface area contributed by atoms with Crippen molar-refractivity contribution in [3.63, 3.8) is 0 Å². The molecule has 1 aliphatic heterocycles. The summed E-state index contributed by atoms with van der Waals surface area (Å²) in [5, 5.41) is 21.8. The van der Waals surface area contributed by atoms with E-state index in [-0.39, 0.29) is 29.1 Å². The molecule has 30 heavy (non-hydrogen) atoms. The molecule has 1 heterocycles. The maximum absolute atomic E-state index is 12.9. The first kappa shape index (κ1) is 21.2. The minimum absolute atomic E-state index is 0.0307. The van der Waals surface area contributed by atoms with Gasteiger partial charge in [0.05, 0.1) is 16.5 Å². The zero-order valence-electron chi connectivity index (χ0n) is 16.7. The highest BCUT2D eigenvalue weighted by molar-refractivity contribution is 6.46. The van der Waals surface area contributed by atoms with Crippen molar-refractivity contribution in [3.05, 3.63) is 80.9 Å². The van der Waals surface area contributed by atoms with Gasteiger partial charge in [-0.2, -0.15) is 0 Å². The molecule has 8 nitrogen and oxygen atoms in total. The Labute approximate surface area is 173 Å². The van der Waals surface area contributed by atoms with Gasteiger partial charge in [0, 0.05) is 38.0 Å². The van der Waals surface area contributed by atoms with Crippen LogP contribution in [0.2, 0.25) is 0 Å². The maximum Gasteiger partial charge on any atom is 0.295 e. The summed E-state index contributed by atoms with van der Waals surface area (Å²) in [7, 11) is 1.56. The summed E-state index contributed by atoms with van der Waals surface area (Å²) < 4.78 is 5.06. The van der Waals surface area contributed by atoms with Gasteiger partial charge in [0.2, 0.25) is 0 Å². The lowest BCUT2D eigenvalue weighted by Crippen LogP contribution is -2.31. The van der Waals surface area contributed by atoms with E-state index in [0.29, 0.717) is 18.6 Å². The van der Waals surface area contributed by atoms with E-state index in [2.05, 4.69) is 0 Å². The molecule has 8 heteroatoms. The van der Waals surface area contributed by atoms with Crippen LogP contribution in [0.1, 0.15) is 29.2 Å². The number of ketones is 1. The summed E-state index contributed by atoms with van der Waals surface area (Å²) in [6.45, 7) is 2.61. The predicted molar refractivity (Wildman–Crippen MR) is 110 cm³/mol. The second-order valence-electron chi connectivity index (χ2n) is 7.06. The number of amides is 1. The molecular weight excluding hydrogens is 388 g/mol. The van der Waals surface area contributed by atoms with Crippen LogP contribution in [-0.2, 0) is 14.3 Å². The lowest BCUT2D eigenvalue weighted by Gasteiger charge is -2.25. The van der Waals surface area contributed by atoms with Gasteiger partial charge < -0.3 is 14.7 Å². The van der Waals surface area contributed by atoms with Crippen LogP contribution in [0.5, 0.6) is 0 Å². The normalized spacial score (nSPS) is 18.1. The average Bonchev–Trinajstić information content (AvgIpc) is 2.98. The second-order valence-corrected chi connectivity index (χ2v) is 7.06. The molecule has 1 aliphatic rings. The number of aliphatic hydroxyl groups excluding tert-OH is 1. The van der Waals surface area contributed by atoms with Crippen molar-refractivity contribution < 1.29 is 24.4 Å². The van der Waals surface area contributed by atoms with Gasteiger partial charge in [0.1, 0.15) is 5.76 Å². The Morgan fingerprint density at radius 1 is 1.20 bits per heavy atom. The number of carbonyl (C=O) groups is 2. The summed E-state index contributed by atoms with van der Waals surface area (Å²) in [4.78, 5) is 37.4. The highest BCUT2D eigenvalue weighted by Crippen LogP contribution is 2.39. The molecule has 2 aromatic carbocycles. The zero-order chi connectivity index (χ0) is 21.8. The molecule has 1 atom stereocenters. The number of Topliss-reactive ketones (excluding diaryl/α,β-unsaturated/α-hetero) is 1. The third-order valence-corrected chi connectivity index (χ3v) is 5.00. The van der Waals surface area contributed by atoms with Crippen molar-refractivity contribution in [2.45, 2.75) is 19.4 Å². The molecule has 156 valence electrons. The number of carbonyl (C=O) groups excluding carboxylic acids is 2. The van der Waals surface area contributed by atoms with E-state index in [1.807, 2.05) is 25.1 Å². The van der Waals surface area contributed by atoms with Crippen molar-refractivity contribution in [1.82, 2.24) is 4.90 Å². The van der Waals surface area contributed by atoms with Crippen LogP contribution in [0.25, 0.3) is 5.76 Å². The number of nitrogens with zero attached hydrogens (tertiary/aromatic N) is 2. The quantitative estimate of drug-likeness (QED) is 0.187. The topological polar surface area (TPSA) is 110 Å². The summed E-state index contributed by atoms with van der Waals surface area (Å²) in [5.41, 5.74) is 1.72. The van der Waals surface area contributed by atoms with Gasteiger partial charge in [-0.3, -0.25) is 19.7 Å². The molecule has 1 amide bonds. The van der Waals surface area contributed by atoms with Crippen LogP contribution < -0.4 is 0 Å². The Balaban J connectivity index is 2.11. The van der Waals surface area contributed by atoms with E-state index < -0.39 is 22.7 Å². The third-order valence-electron chi connectivity index (χ3n) is 5.00. The van der Waals surface area contributed by atoms with Crippen LogP contribution in [0.15, 0.2) is 54.1 Å². The number of aliphatic hydroxyl groups is 1. The van der Waals surface area contributed by atoms with Crippen LogP contribution in [0.4, 0.5) is 5.69 Å². The van der Waals surface area contributed by atoms with Crippen molar-refractivity contribution in [1.29, 1.82) is 0 Å². The van der Waals surface area contributed by atoms with Crippen molar-refractivity contribution >= 4 is 23.1 Å². The molecule has 1 N–H and O–H groups in total. The van der Waals surface area contributed by atoms with E-state index in [4.69, 9.17) is 4.74 Å². The molecule has 1 unspecified atom stereocenters. The lowest BCUT2D eigenvalue weighted by atomic mass is 9.94. The molecule has 0 aromatic heterocycles. The van der Waals surface area contributed by atoms with Gasteiger partial charge in [-0.25, -0.2) is 0 Å². The number of hydrogen-bond donors (Lipinski definition) is 1. The SMILES string of the molecule is COCCCN1C(=O)C(=O)/C(=C(\O)c2ccc([N+](=O)[O-])cc2)C1c1cccc(C)c1. The summed E-state index contributed by atoms with van der Waals surface area (Å²) in [5.74, 6) is -1.83. The fraction of sp³-hybridized carbons (Fsp3) is 0.273. The van der Waals surface area contributed by atoms with Crippen LogP contribution in [-0.4, -0.2) is 46.9 Å². The van der Waals surface area contributed by atoms with Crippen molar-refractivity contribution in [3.8, 4) is 0 Å². The number of methoxy groups -OCH3 is 1. The number of hydrogen-bond acceptors (Lipinski definition) is 6. The Kier molecular flexibility index (Phi) is 6.27. The summed E-state index contributed by atoms with van der Waals surface area (Å²) in [6, 6.07) is 11.8. The highest BCUT2D eigenvalue weighted by Gasteiger charge is 2.45. The molecule has 1 saturated heterocycles. The van der Waals surface area contributed by atoms with E-state index in [9.17, 15) is 24.8 Å². The first-order valence-corrected chi connectivity index (χ1v) is 9.44. The molecule has 0 aliphatic carbocycles. The number of rotatable bonds is 7. The minimum atomic E-state index is -0.783. The van der Waals surface area contributed by atoms with E-state index >= 15 is 0 Å². The number of ether oxygens (including phenoxy) is 1. The number of nitro groups is 1. The molecule has 0 bridgehead atoms. The first-order valence-electron chi connectivity index (χ1n) is 9.44. The third kappa shape index (κ3) is 4.08. The van der Waals surface area contributed by atoms with Gasteiger partial charge in [-0.1, -0.05) is 29.8 Å². The Bertz CT molecular complexity index is 1010. The monoisotopic (exact) mass is 410 g/mol. The number of aryl methyl sites for hydroxylation is 1. The Morgan fingerprint density at radius 2 is 1.90 bits per heavy atom. The molecular formula is C22H22N2O6. The average molecular weight is 410 g/mol. The molecule has 3 rings (SSSR count). The Morgan fingerprint density at radius 3 is 2.50 bits per heavy atom. The predicted octanol–water partition coefficient (Wildman–Crippen LogP) is 3.36. The number of likely N-dealkylation sites (tertiary alicyclic amines) is 1. The summed E-state index contributed by atoms with van der Waals surface area (Å²) >= 11 is 0. The number of non-ortho nitro benzene ring substituents is 1. The van der Waals surface area contributed by atoms with Crippen LogP contribution in [0.3, 0.4) is 0 Å². The van der Waals surface area contributed by atoms with Gasteiger partial charge in [-0.05, 0) is 31.0 Å². The van der Waals surface area contributed by atoms with E-state index in [1.165, 1.54) is 29.2 Å². The summed E-state index contributed by atoms with van der Waals surface area (Å²) in [6.07, 6.45) is 0.531. The van der Waals surface area contributed by atoms with Crippen molar-refractivity contribution in [2.75, 3.05) is 20.3 Å². The fourth-order valence-corrected chi connectivity index (χ4v) is 3.57. The smallest absolute Gasteiger partial charge is 0.295 e. The molecule has 0 saturated carbocycles. The molecule has 1 fully saturated rings. The zero-order valence-corrected chi connectivity index (χ0v) is 16.7. The van der Waals surface area contributed by atoms with Crippen LogP contribution in [0, 0.1) is 17.0 Å². The maximum atomic E-state index is 12.9. The number of benzene rings is 2. The van der Waals surface area contributed by atoms with Gasteiger partial charge in [-0.15, -0.1) is 0 Å². The molecule has 0 spiro atoms. The van der Waals surface area contributed by atoms with Gasteiger partial charge in [0.15, 0.2) is 0 Å². The standard InChI is InChI=1S/C22H22N2O6/c1-14-5-3-6-16(13-14)19-18(21(26)22(27)23(19)11-4-12-30-2)20(25)15-7-9-17(10-8-15)24(28)29/h3,5-10,13,19,25H,4,11-12H2,1-2H3/b20-18-. The highest BCUT2D eigenvalue weighted by atomic mass is 16.6. The molecule has 0 radical (unpaired) electrons. The minimum Gasteiger partial charge on any atom is -0.507 e. The van der Waals surface area contributed by atoms with Gasteiger partial charge >= 0.3 is 0 Å². The largest absolute Gasteiger partial charge is 0.507 e. The fourth-order valence-electron chi connectivity index (χ4n) is 3.57. The lowest BCUT2D eigenvalue weighted by molar-refractivity contribution is -0.384. The van der Waals surface area contributed by atoms with Crippen molar-refractivity contribution in [2.24, 2.45) is 0 Å². The van der Waals surface area contributed by atoms with E-state index in [1.54, 1.807) is 13.2 Å². The van der Waals surface area contributed by atoms with Gasteiger partial charge in [0.25, 0.3) is 17.4 Å². The van der Waals surface area contributed by atoms with Crippen LogP contribution >= 0.6 is 0 Å². The number of nitro benzene ring substituents is 1. The molecule has 2 aromatic rings.